The first-order valence-corrected chi connectivity index (χ1v) is 15.2. The van der Waals surface area contributed by atoms with Gasteiger partial charge in [-0.1, -0.05) is 55.8 Å². The van der Waals surface area contributed by atoms with E-state index in [2.05, 4.69) is 58.3 Å². The van der Waals surface area contributed by atoms with Crippen molar-refractivity contribution in [1.29, 1.82) is 0 Å². The Bertz CT molecular complexity index is 1690. The van der Waals surface area contributed by atoms with Crippen LogP contribution in [0.25, 0.3) is 33.4 Å². The maximum Gasteiger partial charge on any atom is 0.336 e. The normalized spacial score (nSPS) is 14.0. The van der Waals surface area contributed by atoms with E-state index in [9.17, 15) is 9.90 Å². The van der Waals surface area contributed by atoms with E-state index in [-0.39, 0.29) is 0 Å². The standard InChI is InChI=1S/C35H39N5O2/c1-3-33-37-34-25(2)20-28(31-23-39(24-36-31)19-9-18-38-16-7-4-8-17-38)21-32(34)40(33)22-26-12-14-27(15-13-26)29-10-5-6-11-30(29)35(41)42/h5-6,10-15,20-21,23-24H,3-4,7-9,16-19,22H2,1-2H3,(H,41,42). The molecule has 0 aliphatic carbocycles. The third-order valence-electron chi connectivity index (χ3n) is 8.47. The number of piperidine rings is 1. The van der Waals surface area contributed by atoms with Crippen LogP contribution in [0.3, 0.4) is 0 Å². The molecule has 7 heteroatoms. The molecule has 3 aromatic carbocycles. The van der Waals surface area contributed by atoms with Gasteiger partial charge in [0.15, 0.2) is 0 Å². The van der Waals surface area contributed by atoms with Crippen LogP contribution in [0.1, 0.15) is 59.9 Å². The molecular weight excluding hydrogens is 522 g/mol. The molecule has 0 atom stereocenters. The molecule has 6 rings (SSSR count). The van der Waals surface area contributed by atoms with Crippen molar-refractivity contribution >= 4 is 17.0 Å². The number of aryl methyl sites for hydroxylation is 3. The van der Waals surface area contributed by atoms with Crippen LogP contribution in [0, 0.1) is 6.92 Å². The molecular formula is C35H39N5O2. The second kappa shape index (κ2) is 12.3. The number of hydrogen-bond acceptors (Lipinski definition) is 4. The summed E-state index contributed by atoms with van der Waals surface area (Å²) in [6, 6.07) is 19.8. The van der Waals surface area contributed by atoms with Crippen LogP contribution < -0.4 is 0 Å². The lowest BCUT2D eigenvalue weighted by molar-refractivity contribution is 0.0697. The largest absolute Gasteiger partial charge is 0.478 e. The van der Waals surface area contributed by atoms with Crippen molar-refractivity contribution in [3.8, 4) is 22.4 Å². The van der Waals surface area contributed by atoms with Crippen LogP contribution >= 0.6 is 0 Å². The van der Waals surface area contributed by atoms with Gasteiger partial charge in [0.2, 0.25) is 0 Å². The van der Waals surface area contributed by atoms with E-state index in [1.165, 1.54) is 32.4 Å². The summed E-state index contributed by atoms with van der Waals surface area (Å²) in [6.45, 7) is 9.59. The van der Waals surface area contributed by atoms with Gasteiger partial charge in [0.05, 0.1) is 28.6 Å². The highest BCUT2D eigenvalue weighted by atomic mass is 16.4. The number of benzene rings is 3. The summed E-state index contributed by atoms with van der Waals surface area (Å²) in [4.78, 5) is 24.1. The molecule has 7 nitrogen and oxygen atoms in total. The van der Waals surface area contributed by atoms with Gasteiger partial charge < -0.3 is 19.1 Å². The van der Waals surface area contributed by atoms with Crippen molar-refractivity contribution in [1.82, 2.24) is 24.0 Å². The van der Waals surface area contributed by atoms with Gasteiger partial charge in [-0.15, -0.1) is 0 Å². The fourth-order valence-corrected chi connectivity index (χ4v) is 6.22. The Morgan fingerprint density at radius 2 is 1.74 bits per heavy atom. The Labute approximate surface area is 247 Å². The fourth-order valence-electron chi connectivity index (χ4n) is 6.22. The predicted molar refractivity (Wildman–Crippen MR) is 168 cm³/mol. The minimum Gasteiger partial charge on any atom is -0.478 e. The fraction of sp³-hybridized carbons (Fsp3) is 0.343. The zero-order valence-corrected chi connectivity index (χ0v) is 24.6. The molecule has 5 aromatic rings. The summed E-state index contributed by atoms with van der Waals surface area (Å²) in [7, 11) is 0. The van der Waals surface area contributed by atoms with E-state index in [4.69, 9.17) is 9.97 Å². The predicted octanol–water partition coefficient (Wildman–Crippen LogP) is 7.06. The van der Waals surface area contributed by atoms with Crippen LogP contribution in [0.2, 0.25) is 0 Å². The molecule has 216 valence electrons. The van der Waals surface area contributed by atoms with Gasteiger partial charge in [-0.25, -0.2) is 14.8 Å². The third-order valence-corrected chi connectivity index (χ3v) is 8.47. The maximum absolute atomic E-state index is 11.7. The number of likely N-dealkylation sites (tertiary alicyclic amines) is 1. The molecule has 1 fully saturated rings. The molecule has 1 aliphatic rings. The number of carboxylic acids is 1. The SMILES string of the molecule is CCc1nc2c(C)cc(-c3cn(CCCN4CCCCC4)cn3)cc2n1Cc1ccc(-c2ccccc2C(=O)O)cc1. The molecule has 2 aromatic heterocycles. The molecule has 1 aliphatic heterocycles. The highest BCUT2D eigenvalue weighted by Gasteiger charge is 2.16. The number of aromatic nitrogens is 4. The van der Waals surface area contributed by atoms with Crippen LogP contribution in [-0.2, 0) is 19.5 Å². The Hall–Kier alpha value is -4.23. The Balaban J connectivity index is 1.23. The minimum atomic E-state index is -0.916. The van der Waals surface area contributed by atoms with Crippen molar-refractivity contribution in [2.75, 3.05) is 19.6 Å². The molecule has 0 spiro atoms. The molecule has 1 saturated heterocycles. The molecule has 0 bridgehead atoms. The van der Waals surface area contributed by atoms with Gasteiger partial charge in [-0.3, -0.25) is 0 Å². The number of imidazole rings is 2. The van der Waals surface area contributed by atoms with E-state index in [0.29, 0.717) is 12.1 Å². The van der Waals surface area contributed by atoms with E-state index in [0.717, 1.165) is 76.3 Å². The third kappa shape index (κ3) is 5.88. The van der Waals surface area contributed by atoms with Crippen molar-refractivity contribution in [2.45, 2.75) is 59.0 Å². The number of nitrogens with zero attached hydrogens (tertiary/aromatic N) is 5. The number of carbonyl (C=O) groups is 1. The van der Waals surface area contributed by atoms with Gasteiger partial charge >= 0.3 is 5.97 Å². The van der Waals surface area contributed by atoms with Crippen molar-refractivity contribution in [2.24, 2.45) is 0 Å². The molecule has 1 N–H and O–H groups in total. The Morgan fingerprint density at radius 3 is 2.50 bits per heavy atom. The summed E-state index contributed by atoms with van der Waals surface area (Å²) < 4.78 is 4.53. The van der Waals surface area contributed by atoms with Crippen molar-refractivity contribution in [3.05, 3.63) is 95.7 Å². The lowest BCUT2D eigenvalue weighted by Gasteiger charge is -2.26. The Morgan fingerprint density at radius 1 is 0.952 bits per heavy atom. The molecule has 0 unspecified atom stereocenters. The highest BCUT2D eigenvalue weighted by Crippen LogP contribution is 2.29. The summed E-state index contributed by atoms with van der Waals surface area (Å²) in [5.74, 6) is 0.134. The van der Waals surface area contributed by atoms with E-state index in [1.807, 2.05) is 30.6 Å². The number of aromatic carboxylic acids is 1. The molecule has 0 saturated carbocycles. The van der Waals surface area contributed by atoms with Gasteiger partial charge in [0.25, 0.3) is 0 Å². The quantitative estimate of drug-likeness (QED) is 0.198. The highest BCUT2D eigenvalue weighted by molar-refractivity contribution is 5.96. The topological polar surface area (TPSA) is 76.2 Å². The maximum atomic E-state index is 11.7. The van der Waals surface area contributed by atoms with Crippen molar-refractivity contribution in [3.63, 3.8) is 0 Å². The average Bonchev–Trinajstić information content (AvgIpc) is 3.63. The summed E-state index contributed by atoms with van der Waals surface area (Å²) in [6.07, 6.45) is 10.1. The first kappa shape index (κ1) is 27.9. The van der Waals surface area contributed by atoms with Gasteiger partial charge in [0.1, 0.15) is 5.82 Å². The zero-order valence-electron chi connectivity index (χ0n) is 24.6. The van der Waals surface area contributed by atoms with Crippen LogP contribution in [-0.4, -0.2) is 54.7 Å². The van der Waals surface area contributed by atoms with Crippen LogP contribution in [0.5, 0.6) is 0 Å². The van der Waals surface area contributed by atoms with Gasteiger partial charge in [-0.05, 0) is 86.3 Å². The average molecular weight is 562 g/mol. The lowest BCUT2D eigenvalue weighted by Crippen LogP contribution is -2.31. The number of fused-ring (bicyclic) bond motifs is 1. The van der Waals surface area contributed by atoms with Gasteiger partial charge in [0, 0.05) is 31.3 Å². The summed E-state index contributed by atoms with van der Waals surface area (Å²) in [5, 5.41) is 9.61. The van der Waals surface area contributed by atoms with Crippen LogP contribution in [0.4, 0.5) is 0 Å². The number of hydrogen-bond donors (Lipinski definition) is 1. The van der Waals surface area contributed by atoms with E-state index < -0.39 is 5.97 Å². The smallest absolute Gasteiger partial charge is 0.336 e. The first-order chi connectivity index (χ1) is 20.5. The monoisotopic (exact) mass is 561 g/mol. The molecule has 3 heterocycles. The van der Waals surface area contributed by atoms with Crippen molar-refractivity contribution < 1.29 is 9.90 Å². The summed E-state index contributed by atoms with van der Waals surface area (Å²) >= 11 is 0. The van der Waals surface area contributed by atoms with Crippen LogP contribution in [0.15, 0.2) is 73.2 Å². The molecule has 0 radical (unpaired) electrons. The minimum absolute atomic E-state index is 0.312. The first-order valence-electron chi connectivity index (χ1n) is 15.2. The Kier molecular flexibility index (Phi) is 8.20. The second-order valence-corrected chi connectivity index (χ2v) is 11.4. The lowest BCUT2D eigenvalue weighted by atomic mass is 9.98. The number of carboxylic acid groups (broad SMARTS) is 1. The van der Waals surface area contributed by atoms with Gasteiger partial charge in [-0.2, -0.15) is 0 Å². The molecule has 42 heavy (non-hydrogen) atoms. The summed E-state index contributed by atoms with van der Waals surface area (Å²) in [5.41, 5.74) is 8.47. The zero-order chi connectivity index (χ0) is 29.1. The second-order valence-electron chi connectivity index (χ2n) is 11.4. The number of rotatable bonds is 10. The van der Waals surface area contributed by atoms with E-state index in [1.54, 1.807) is 12.1 Å². The molecule has 0 amide bonds. The van der Waals surface area contributed by atoms with E-state index >= 15 is 0 Å².